The lowest BCUT2D eigenvalue weighted by Crippen LogP contribution is -2.40. The molecule has 128 valence electrons. The fourth-order valence-electron chi connectivity index (χ4n) is 3.37. The van der Waals surface area contributed by atoms with Crippen LogP contribution in [0, 0.1) is 5.82 Å². The Bertz CT molecular complexity index is 839. The first-order chi connectivity index (χ1) is 11.5. The number of nitrogens with zero attached hydrogens (tertiary/aromatic N) is 3. The first-order valence-corrected chi connectivity index (χ1v) is 8.20. The normalized spacial score (nSPS) is 18.2. The highest BCUT2D eigenvalue weighted by Crippen LogP contribution is 2.23. The molecular formula is C18H22FN3O2. The van der Waals surface area contributed by atoms with Gasteiger partial charge < -0.3 is 0 Å². The van der Waals surface area contributed by atoms with Gasteiger partial charge in [0.15, 0.2) is 0 Å². The second kappa shape index (κ2) is 6.73. The second-order valence-corrected chi connectivity index (χ2v) is 6.47. The van der Waals surface area contributed by atoms with Gasteiger partial charge in [-0.25, -0.2) is 9.18 Å². The number of benzene rings is 1. The molecule has 0 amide bonds. The third-order valence-electron chi connectivity index (χ3n) is 4.87. The van der Waals surface area contributed by atoms with E-state index in [1.54, 1.807) is 7.05 Å². The van der Waals surface area contributed by atoms with Crippen LogP contribution in [0.3, 0.4) is 0 Å². The van der Waals surface area contributed by atoms with Gasteiger partial charge in [-0.1, -0.05) is 12.1 Å². The third kappa shape index (κ3) is 3.33. The Labute approximate surface area is 140 Å². The van der Waals surface area contributed by atoms with Crippen molar-refractivity contribution in [1.29, 1.82) is 0 Å². The molecule has 1 aromatic heterocycles. The monoisotopic (exact) mass is 331 g/mol. The summed E-state index contributed by atoms with van der Waals surface area (Å²) in [6, 6.07) is 8.49. The van der Waals surface area contributed by atoms with Crippen molar-refractivity contribution < 1.29 is 4.39 Å². The van der Waals surface area contributed by atoms with E-state index in [2.05, 4.69) is 4.90 Å². The van der Waals surface area contributed by atoms with Gasteiger partial charge in [0, 0.05) is 38.4 Å². The van der Waals surface area contributed by atoms with Gasteiger partial charge in [0.2, 0.25) is 0 Å². The highest BCUT2D eigenvalue weighted by Gasteiger charge is 2.25. The SMILES string of the molecule is Cn1c(CN2CCC[C@@H]2Cc2ccc(F)cc2)cc(=O)n(C)c1=O. The Morgan fingerprint density at radius 2 is 1.83 bits per heavy atom. The van der Waals surface area contributed by atoms with Gasteiger partial charge in [0.1, 0.15) is 5.82 Å². The van der Waals surface area contributed by atoms with Crippen molar-refractivity contribution in [2.24, 2.45) is 14.1 Å². The molecular weight excluding hydrogens is 309 g/mol. The maximum atomic E-state index is 13.0. The van der Waals surface area contributed by atoms with Crippen LogP contribution in [0.4, 0.5) is 4.39 Å². The summed E-state index contributed by atoms with van der Waals surface area (Å²) in [5.74, 6) is -0.225. The molecule has 1 saturated heterocycles. The number of halogens is 1. The summed E-state index contributed by atoms with van der Waals surface area (Å²) >= 11 is 0. The smallest absolute Gasteiger partial charge is 0.299 e. The Morgan fingerprint density at radius 1 is 1.12 bits per heavy atom. The lowest BCUT2D eigenvalue weighted by atomic mass is 10.0. The molecule has 2 aromatic rings. The van der Waals surface area contributed by atoms with Gasteiger partial charge in [-0.15, -0.1) is 0 Å². The molecule has 5 nitrogen and oxygen atoms in total. The zero-order chi connectivity index (χ0) is 17.3. The highest BCUT2D eigenvalue weighted by atomic mass is 19.1. The van der Waals surface area contributed by atoms with E-state index in [1.807, 2.05) is 12.1 Å². The van der Waals surface area contributed by atoms with Gasteiger partial charge in [-0.2, -0.15) is 0 Å². The van der Waals surface area contributed by atoms with E-state index in [9.17, 15) is 14.0 Å². The van der Waals surface area contributed by atoms with Crippen molar-refractivity contribution in [2.45, 2.75) is 31.8 Å². The molecule has 1 aromatic carbocycles. The average molecular weight is 331 g/mol. The maximum Gasteiger partial charge on any atom is 0.330 e. The van der Waals surface area contributed by atoms with Gasteiger partial charge >= 0.3 is 5.69 Å². The minimum absolute atomic E-state index is 0.225. The summed E-state index contributed by atoms with van der Waals surface area (Å²) in [6.07, 6.45) is 3.00. The number of likely N-dealkylation sites (tertiary alicyclic amines) is 1. The number of hydrogen-bond acceptors (Lipinski definition) is 3. The summed E-state index contributed by atoms with van der Waals surface area (Å²) in [5, 5.41) is 0. The molecule has 2 heterocycles. The minimum atomic E-state index is -0.299. The fraction of sp³-hybridized carbons (Fsp3) is 0.444. The molecule has 0 radical (unpaired) electrons. The van der Waals surface area contributed by atoms with Crippen LogP contribution in [0.2, 0.25) is 0 Å². The van der Waals surface area contributed by atoms with Crippen LogP contribution in [0.5, 0.6) is 0 Å². The Balaban J connectivity index is 1.78. The zero-order valence-electron chi connectivity index (χ0n) is 14.0. The first kappa shape index (κ1) is 16.6. The number of hydrogen-bond donors (Lipinski definition) is 0. The molecule has 1 fully saturated rings. The van der Waals surface area contributed by atoms with Crippen LogP contribution >= 0.6 is 0 Å². The lowest BCUT2D eigenvalue weighted by Gasteiger charge is -2.25. The van der Waals surface area contributed by atoms with Crippen LogP contribution in [-0.2, 0) is 27.1 Å². The van der Waals surface area contributed by atoms with Crippen molar-refractivity contribution in [3.8, 4) is 0 Å². The predicted molar refractivity (Wildman–Crippen MR) is 90.5 cm³/mol. The van der Waals surface area contributed by atoms with Crippen LogP contribution in [0.15, 0.2) is 39.9 Å². The summed E-state index contributed by atoms with van der Waals surface area (Å²) in [7, 11) is 3.18. The van der Waals surface area contributed by atoms with E-state index in [0.29, 0.717) is 12.6 Å². The molecule has 1 aliphatic heterocycles. The molecule has 0 saturated carbocycles. The summed E-state index contributed by atoms with van der Waals surface area (Å²) in [5.41, 5.74) is 1.26. The van der Waals surface area contributed by atoms with Gasteiger partial charge in [-0.3, -0.25) is 18.8 Å². The Hall–Kier alpha value is -2.21. The van der Waals surface area contributed by atoms with Crippen molar-refractivity contribution >= 4 is 0 Å². The van der Waals surface area contributed by atoms with Crippen molar-refractivity contribution in [3.63, 3.8) is 0 Å². The van der Waals surface area contributed by atoms with Gasteiger partial charge in [0.25, 0.3) is 5.56 Å². The summed E-state index contributed by atoms with van der Waals surface area (Å²) in [6.45, 7) is 1.52. The van der Waals surface area contributed by atoms with E-state index >= 15 is 0 Å². The van der Waals surface area contributed by atoms with E-state index in [1.165, 1.54) is 29.8 Å². The average Bonchev–Trinajstić information content (AvgIpc) is 2.99. The van der Waals surface area contributed by atoms with Crippen LogP contribution in [0.25, 0.3) is 0 Å². The standard InChI is InChI=1S/C18H22FN3O2/c1-20-16(11-17(23)21(2)18(20)24)12-22-9-3-4-15(22)10-13-5-7-14(19)8-6-13/h5-8,11,15H,3-4,9-10,12H2,1-2H3/t15-/m1/s1. The molecule has 24 heavy (non-hydrogen) atoms. The molecule has 1 aliphatic rings. The van der Waals surface area contributed by atoms with Gasteiger partial charge in [0.05, 0.1) is 0 Å². The maximum absolute atomic E-state index is 13.0. The van der Waals surface area contributed by atoms with Gasteiger partial charge in [-0.05, 0) is 43.5 Å². The van der Waals surface area contributed by atoms with E-state index in [4.69, 9.17) is 0 Å². The van der Waals surface area contributed by atoms with Crippen molar-refractivity contribution in [1.82, 2.24) is 14.0 Å². The zero-order valence-corrected chi connectivity index (χ0v) is 14.0. The molecule has 0 aliphatic carbocycles. The van der Waals surface area contributed by atoms with E-state index in [-0.39, 0.29) is 17.1 Å². The van der Waals surface area contributed by atoms with Crippen LogP contribution in [-0.4, -0.2) is 26.6 Å². The Morgan fingerprint density at radius 3 is 2.54 bits per heavy atom. The van der Waals surface area contributed by atoms with Crippen LogP contribution in [0.1, 0.15) is 24.1 Å². The molecule has 0 bridgehead atoms. The Kier molecular flexibility index (Phi) is 4.66. The molecule has 3 rings (SSSR count). The first-order valence-electron chi connectivity index (χ1n) is 8.20. The minimum Gasteiger partial charge on any atom is -0.299 e. The third-order valence-corrected chi connectivity index (χ3v) is 4.87. The molecule has 0 unspecified atom stereocenters. The number of rotatable bonds is 4. The fourth-order valence-corrected chi connectivity index (χ4v) is 3.37. The highest BCUT2D eigenvalue weighted by molar-refractivity contribution is 5.17. The lowest BCUT2D eigenvalue weighted by molar-refractivity contribution is 0.237. The molecule has 6 heteroatoms. The summed E-state index contributed by atoms with van der Waals surface area (Å²) in [4.78, 5) is 26.3. The van der Waals surface area contributed by atoms with Crippen molar-refractivity contribution in [2.75, 3.05) is 6.54 Å². The number of aromatic nitrogens is 2. The quantitative estimate of drug-likeness (QED) is 0.851. The molecule has 0 spiro atoms. The second-order valence-electron chi connectivity index (χ2n) is 6.47. The summed E-state index contributed by atoms with van der Waals surface area (Å²) < 4.78 is 15.7. The largest absolute Gasteiger partial charge is 0.330 e. The molecule has 0 N–H and O–H groups in total. The predicted octanol–water partition coefficient (Wildman–Crippen LogP) is 1.43. The van der Waals surface area contributed by atoms with E-state index < -0.39 is 0 Å². The topological polar surface area (TPSA) is 47.2 Å². The van der Waals surface area contributed by atoms with E-state index in [0.717, 1.165) is 41.6 Å². The van der Waals surface area contributed by atoms with Crippen LogP contribution < -0.4 is 11.2 Å². The van der Waals surface area contributed by atoms with Crippen molar-refractivity contribution in [3.05, 3.63) is 68.2 Å². The molecule has 1 atom stereocenters.